The number of carbonyl (C=O) groups excluding carboxylic acids is 1. The maximum absolute atomic E-state index is 15.0. The van der Waals surface area contributed by atoms with Crippen molar-refractivity contribution < 1.29 is 4.79 Å². The predicted octanol–water partition coefficient (Wildman–Crippen LogP) is 6.91. The number of benzene rings is 3. The standard InChI is InChI=1S/C35H30ClN3O/c36-24-19-17-22(18-20-24)30-29-16-8-9-21-39(29)35(31(30)33(40)23-10-2-1-3-11-23)26-13-5-4-12-25(26)32-34(35)38-28-15-7-6-14-27(28)37-32/h1-7,10-15,17-20,27,29-31,37H,8-9,16,21H2/t27?,29-,30-,31-,35+/m1/s1. The largest absolute Gasteiger partial charge is 0.371 e. The lowest BCUT2D eigenvalue weighted by Crippen LogP contribution is -2.52. The molecule has 5 aliphatic rings. The van der Waals surface area contributed by atoms with E-state index in [0.717, 1.165) is 54.0 Å². The molecule has 2 saturated heterocycles. The lowest BCUT2D eigenvalue weighted by molar-refractivity contribution is 0.0648. The number of halogens is 1. The molecule has 2 aliphatic carbocycles. The van der Waals surface area contributed by atoms with Gasteiger partial charge in [-0.1, -0.05) is 103 Å². The van der Waals surface area contributed by atoms with Crippen LogP contribution in [-0.4, -0.2) is 35.0 Å². The van der Waals surface area contributed by atoms with Gasteiger partial charge in [0.1, 0.15) is 5.54 Å². The second-order valence-corrected chi connectivity index (χ2v) is 11.9. The predicted molar refractivity (Wildman–Crippen MR) is 160 cm³/mol. The van der Waals surface area contributed by atoms with Gasteiger partial charge < -0.3 is 5.32 Å². The summed E-state index contributed by atoms with van der Waals surface area (Å²) in [6, 6.07) is 27.0. The summed E-state index contributed by atoms with van der Waals surface area (Å²) in [5, 5.41) is 4.55. The molecule has 0 bridgehead atoms. The second kappa shape index (κ2) is 9.15. The summed E-state index contributed by atoms with van der Waals surface area (Å²) in [5.41, 5.74) is 6.68. The minimum atomic E-state index is -0.672. The summed E-state index contributed by atoms with van der Waals surface area (Å²) < 4.78 is 0. The first-order valence-electron chi connectivity index (χ1n) is 14.3. The van der Waals surface area contributed by atoms with E-state index in [2.05, 4.69) is 70.9 Å². The summed E-state index contributed by atoms with van der Waals surface area (Å²) in [6.45, 7) is 0.933. The van der Waals surface area contributed by atoms with Crippen LogP contribution < -0.4 is 5.32 Å². The Hall–Kier alpha value is -3.73. The third kappa shape index (κ3) is 3.30. The fourth-order valence-corrected chi connectivity index (χ4v) is 8.21. The lowest BCUT2D eigenvalue weighted by atomic mass is 9.68. The van der Waals surface area contributed by atoms with E-state index >= 15 is 0 Å². The van der Waals surface area contributed by atoms with Crippen LogP contribution >= 0.6 is 11.6 Å². The molecule has 0 radical (unpaired) electrons. The smallest absolute Gasteiger partial charge is 0.169 e. The highest BCUT2D eigenvalue weighted by Gasteiger charge is 2.67. The summed E-state index contributed by atoms with van der Waals surface area (Å²) >= 11 is 6.37. The molecular weight excluding hydrogens is 514 g/mol. The van der Waals surface area contributed by atoms with Gasteiger partial charge in [-0.15, -0.1) is 0 Å². The molecule has 3 heterocycles. The van der Waals surface area contributed by atoms with Gasteiger partial charge in [-0.3, -0.25) is 14.7 Å². The Kier molecular flexibility index (Phi) is 5.51. The summed E-state index contributed by atoms with van der Waals surface area (Å²) in [5.74, 6) is -0.163. The van der Waals surface area contributed by atoms with E-state index < -0.39 is 5.54 Å². The van der Waals surface area contributed by atoms with E-state index in [1.807, 2.05) is 42.5 Å². The van der Waals surface area contributed by atoms with E-state index in [-0.39, 0.29) is 29.7 Å². The molecule has 0 amide bonds. The van der Waals surface area contributed by atoms with Crippen molar-refractivity contribution in [2.24, 2.45) is 10.9 Å². The third-order valence-corrected chi connectivity index (χ3v) is 9.82. The second-order valence-electron chi connectivity index (χ2n) is 11.5. The fourth-order valence-electron chi connectivity index (χ4n) is 8.08. The number of aliphatic imine (C=N–C) groups is 1. The molecule has 3 aliphatic heterocycles. The zero-order valence-electron chi connectivity index (χ0n) is 22.1. The van der Waals surface area contributed by atoms with Crippen LogP contribution in [0.2, 0.25) is 5.02 Å². The van der Waals surface area contributed by atoms with Gasteiger partial charge in [-0.2, -0.15) is 0 Å². The normalized spacial score (nSPS) is 29.9. The van der Waals surface area contributed by atoms with Crippen LogP contribution in [0.15, 0.2) is 114 Å². The van der Waals surface area contributed by atoms with Gasteiger partial charge in [0.15, 0.2) is 5.78 Å². The topological polar surface area (TPSA) is 44.7 Å². The van der Waals surface area contributed by atoms with Gasteiger partial charge in [0, 0.05) is 28.1 Å². The zero-order valence-corrected chi connectivity index (χ0v) is 22.9. The SMILES string of the molecule is O=C(c1ccccc1)[C@H]1[C@H](c2ccc(Cl)cc2)[C@H]2CCCCN2[C@]12C1=C(NC3C=CC=CC3=N1)c1ccccc12. The summed E-state index contributed by atoms with van der Waals surface area (Å²) in [7, 11) is 0. The Morgan fingerprint density at radius 3 is 2.60 bits per heavy atom. The Bertz CT molecular complexity index is 1640. The number of ketones is 1. The van der Waals surface area contributed by atoms with E-state index in [1.54, 1.807) is 0 Å². The number of nitrogens with zero attached hydrogens (tertiary/aromatic N) is 2. The van der Waals surface area contributed by atoms with Crippen molar-refractivity contribution in [3.8, 4) is 0 Å². The highest BCUT2D eigenvalue weighted by Crippen LogP contribution is 2.64. The molecule has 4 nitrogen and oxygen atoms in total. The molecule has 2 fully saturated rings. The number of Topliss-reactive ketones (excluding diaryl/α,β-unsaturated/α-hetero) is 1. The van der Waals surface area contributed by atoms with Crippen LogP contribution in [0.5, 0.6) is 0 Å². The average Bonchev–Trinajstić information content (AvgIpc) is 3.47. The summed E-state index contributed by atoms with van der Waals surface area (Å²) in [6.07, 6.45) is 11.7. The van der Waals surface area contributed by atoms with Crippen molar-refractivity contribution in [1.82, 2.24) is 10.2 Å². The quantitative estimate of drug-likeness (QED) is 0.365. The highest BCUT2D eigenvalue weighted by molar-refractivity contribution is 6.30. The van der Waals surface area contributed by atoms with Crippen molar-refractivity contribution in [2.75, 3.05) is 6.54 Å². The first-order chi connectivity index (χ1) is 19.7. The van der Waals surface area contributed by atoms with Crippen molar-refractivity contribution >= 4 is 28.8 Å². The van der Waals surface area contributed by atoms with Gasteiger partial charge in [-0.25, -0.2) is 0 Å². The number of nitrogens with one attached hydrogen (secondary N) is 1. The van der Waals surface area contributed by atoms with E-state index in [4.69, 9.17) is 16.6 Å². The molecule has 198 valence electrons. The molecule has 8 rings (SSSR count). The minimum absolute atomic E-state index is 0.00453. The first-order valence-corrected chi connectivity index (χ1v) is 14.7. The molecule has 3 aromatic rings. The van der Waals surface area contributed by atoms with Gasteiger partial charge >= 0.3 is 0 Å². The van der Waals surface area contributed by atoms with Crippen LogP contribution in [0.4, 0.5) is 0 Å². The molecule has 0 saturated carbocycles. The molecule has 3 aromatic carbocycles. The van der Waals surface area contributed by atoms with Gasteiger partial charge in [0.2, 0.25) is 0 Å². The number of allylic oxidation sites excluding steroid dienone is 2. The molecule has 5 heteroatoms. The molecule has 1 N–H and O–H groups in total. The maximum atomic E-state index is 15.0. The summed E-state index contributed by atoms with van der Waals surface area (Å²) in [4.78, 5) is 23.1. The van der Waals surface area contributed by atoms with Crippen LogP contribution in [-0.2, 0) is 5.54 Å². The molecule has 5 atom stereocenters. The molecule has 1 unspecified atom stereocenters. The van der Waals surface area contributed by atoms with Gasteiger partial charge in [0.05, 0.1) is 29.1 Å². The average molecular weight is 544 g/mol. The monoisotopic (exact) mass is 543 g/mol. The Labute approximate surface area is 239 Å². The Balaban J connectivity index is 1.44. The highest BCUT2D eigenvalue weighted by atomic mass is 35.5. The lowest BCUT2D eigenvalue weighted by Gasteiger charge is -2.44. The molecular formula is C35H30ClN3O. The first kappa shape index (κ1) is 24.1. The van der Waals surface area contributed by atoms with Crippen LogP contribution in [0.1, 0.15) is 52.2 Å². The van der Waals surface area contributed by atoms with E-state index in [1.165, 1.54) is 11.1 Å². The van der Waals surface area contributed by atoms with Crippen molar-refractivity contribution in [3.63, 3.8) is 0 Å². The maximum Gasteiger partial charge on any atom is 0.169 e. The van der Waals surface area contributed by atoms with Gasteiger partial charge in [0.25, 0.3) is 0 Å². The molecule has 40 heavy (non-hydrogen) atoms. The van der Waals surface area contributed by atoms with Gasteiger partial charge in [-0.05, 0) is 48.7 Å². The van der Waals surface area contributed by atoms with Crippen LogP contribution in [0.3, 0.4) is 0 Å². The Morgan fingerprint density at radius 2 is 1.75 bits per heavy atom. The minimum Gasteiger partial charge on any atom is -0.371 e. The van der Waals surface area contributed by atoms with E-state index in [9.17, 15) is 4.79 Å². The zero-order chi connectivity index (χ0) is 26.8. The van der Waals surface area contributed by atoms with Crippen LogP contribution in [0, 0.1) is 5.92 Å². The number of hydrogen-bond donors (Lipinski definition) is 1. The van der Waals surface area contributed by atoms with Crippen molar-refractivity contribution in [1.29, 1.82) is 0 Å². The van der Waals surface area contributed by atoms with E-state index in [0.29, 0.717) is 5.02 Å². The molecule has 1 spiro atoms. The number of rotatable bonds is 3. The number of fused-ring (bicyclic) bond motifs is 7. The van der Waals surface area contributed by atoms with Crippen molar-refractivity contribution in [2.45, 2.75) is 42.8 Å². The molecule has 0 aromatic heterocycles. The van der Waals surface area contributed by atoms with Crippen molar-refractivity contribution in [3.05, 3.63) is 136 Å². The van der Waals surface area contributed by atoms with Crippen LogP contribution in [0.25, 0.3) is 5.70 Å². The number of hydrogen-bond acceptors (Lipinski definition) is 4. The third-order valence-electron chi connectivity index (χ3n) is 9.57. The fraction of sp³-hybridized carbons (Fsp3) is 0.257. The Morgan fingerprint density at radius 1 is 0.950 bits per heavy atom. The number of piperidine rings is 1. The number of carbonyl (C=O) groups is 1.